The predicted molar refractivity (Wildman–Crippen MR) is 35.6 cm³/mol. The van der Waals surface area contributed by atoms with Gasteiger partial charge in [0.15, 0.2) is 0 Å². The SMILES string of the molecule is NC(=O)OC(=O)CCCC=O. The quantitative estimate of drug-likeness (QED) is 0.270. The highest BCUT2D eigenvalue weighted by atomic mass is 16.6. The molecule has 0 bridgehead atoms. The van der Waals surface area contributed by atoms with Crippen molar-refractivity contribution in [3.63, 3.8) is 0 Å². The first kappa shape index (κ1) is 9.61. The lowest BCUT2D eigenvalue weighted by molar-refractivity contribution is -0.137. The summed E-state index contributed by atoms with van der Waals surface area (Å²) in [5, 5.41) is 0. The monoisotopic (exact) mass is 159 g/mol. The molecule has 0 aliphatic rings. The number of rotatable bonds is 4. The Morgan fingerprint density at radius 3 is 2.55 bits per heavy atom. The third-order valence-electron chi connectivity index (χ3n) is 0.917. The molecule has 0 aromatic carbocycles. The average Bonchev–Trinajstić information content (AvgIpc) is 1.86. The Morgan fingerprint density at radius 2 is 2.09 bits per heavy atom. The van der Waals surface area contributed by atoms with E-state index in [-0.39, 0.29) is 12.8 Å². The van der Waals surface area contributed by atoms with Crippen molar-refractivity contribution in [3.8, 4) is 0 Å². The van der Waals surface area contributed by atoms with Gasteiger partial charge in [0.05, 0.1) is 0 Å². The minimum absolute atomic E-state index is 0.0433. The van der Waals surface area contributed by atoms with Crippen LogP contribution < -0.4 is 5.73 Å². The van der Waals surface area contributed by atoms with Crippen molar-refractivity contribution >= 4 is 18.3 Å². The van der Waals surface area contributed by atoms with E-state index in [1.165, 1.54) is 0 Å². The number of amides is 1. The molecule has 1 amide bonds. The van der Waals surface area contributed by atoms with Crippen LogP contribution in [0.25, 0.3) is 0 Å². The fourth-order valence-electron chi connectivity index (χ4n) is 0.493. The summed E-state index contributed by atoms with van der Waals surface area (Å²) in [6, 6.07) is 0. The third-order valence-corrected chi connectivity index (χ3v) is 0.917. The smallest absolute Gasteiger partial charge is 0.376 e. The van der Waals surface area contributed by atoms with Crippen LogP contribution in [0.2, 0.25) is 0 Å². The summed E-state index contributed by atoms with van der Waals surface area (Å²) >= 11 is 0. The molecular formula is C6H9NO4. The largest absolute Gasteiger partial charge is 0.412 e. The van der Waals surface area contributed by atoms with Gasteiger partial charge in [-0.3, -0.25) is 4.79 Å². The van der Waals surface area contributed by atoms with Gasteiger partial charge in [-0.2, -0.15) is 0 Å². The second kappa shape index (κ2) is 5.40. The van der Waals surface area contributed by atoms with Gasteiger partial charge in [-0.25, -0.2) is 4.79 Å². The molecule has 0 unspecified atom stereocenters. The Labute approximate surface area is 63.5 Å². The zero-order chi connectivity index (χ0) is 8.69. The molecule has 11 heavy (non-hydrogen) atoms. The fourth-order valence-corrected chi connectivity index (χ4v) is 0.493. The number of hydrogen-bond acceptors (Lipinski definition) is 4. The van der Waals surface area contributed by atoms with Gasteiger partial charge in [-0.15, -0.1) is 0 Å². The van der Waals surface area contributed by atoms with Crippen LogP contribution in [0.15, 0.2) is 0 Å². The molecule has 0 aliphatic heterocycles. The van der Waals surface area contributed by atoms with Crippen LogP contribution in [0, 0.1) is 0 Å². The predicted octanol–water partition coefficient (Wildman–Crippen LogP) is -0.0225. The van der Waals surface area contributed by atoms with Crippen LogP contribution in [0.5, 0.6) is 0 Å². The lowest BCUT2D eigenvalue weighted by Crippen LogP contribution is -2.18. The van der Waals surface area contributed by atoms with Crippen LogP contribution in [0.3, 0.4) is 0 Å². The lowest BCUT2D eigenvalue weighted by Gasteiger charge is -1.95. The Kier molecular flexibility index (Phi) is 4.72. The van der Waals surface area contributed by atoms with E-state index in [9.17, 15) is 14.4 Å². The minimum atomic E-state index is -1.11. The van der Waals surface area contributed by atoms with Gasteiger partial charge in [0.2, 0.25) is 0 Å². The normalized spacial score (nSPS) is 8.73. The standard InChI is InChI=1S/C6H9NO4/c7-6(10)11-5(9)3-1-2-4-8/h4H,1-3H2,(H2,7,10). The maximum Gasteiger partial charge on any atom is 0.412 e. The zero-order valence-electron chi connectivity index (χ0n) is 5.91. The van der Waals surface area contributed by atoms with Gasteiger partial charge >= 0.3 is 12.1 Å². The molecule has 0 aromatic rings. The number of ether oxygens (including phenoxy) is 1. The van der Waals surface area contributed by atoms with E-state index in [1.54, 1.807) is 0 Å². The van der Waals surface area contributed by atoms with Gasteiger partial charge in [0.25, 0.3) is 0 Å². The Bertz CT molecular complexity index is 166. The minimum Gasteiger partial charge on any atom is -0.376 e. The van der Waals surface area contributed by atoms with E-state index in [4.69, 9.17) is 0 Å². The van der Waals surface area contributed by atoms with Crippen LogP contribution in [0.1, 0.15) is 19.3 Å². The van der Waals surface area contributed by atoms with Crippen molar-refractivity contribution in [1.82, 2.24) is 0 Å². The van der Waals surface area contributed by atoms with E-state index in [2.05, 4.69) is 10.5 Å². The summed E-state index contributed by atoms with van der Waals surface area (Å²) in [5.41, 5.74) is 4.55. The van der Waals surface area contributed by atoms with Gasteiger partial charge in [0.1, 0.15) is 6.29 Å². The lowest BCUT2D eigenvalue weighted by atomic mass is 10.2. The summed E-state index contributed by atoms with van der Waals surface area (Å²) in [7, 11) is 0. The second-order valence-electron chi connectivity index (χ2n) is 1.85. The van der Waals surface area contributed by atoms with Crippen LogP contribution in [-0.2, 0) is 14.3 Å². The van der Waals surface area contributed by atoms with Gasteiger partial charge in [-0.05, 0) is 6.42 Å². The van der Waals surface area contributed by atoms with Crippen molar-refractivity contribution in [2.75, 3.05) is 0 Å². The van der Waals surface area contributed by atoms with Gasteiger partial charge < -0.3 is 15.3 Å². The summed E-state index contributed by atoms with van der Waals surface area (Å²) in [6.45, 7) is 0. The number of carbonyl (C=O) groups excluding carboxylic acids is 3. The molecule has 5 nitrogen and oxygen atoms in total. The molecule has 0 radical (unpaired) electrons. The highest BCUT2D eigenvalue weighted by molar-refractivity contribution is 5.83. The van der Waals surface area contributed by atoms with Gasteiger partial charge in [0, 0.05) is 12.8 Å². The van der Waals surface area contributed by atoms with Crippen molar-refractivity contribution in [2.45, 2.75) is 19.3 Å². The average molecular weight is 159 g/mol. The molecule has 0 rings (SSSR count). The maximum absolute atomic E-state index is 10.5. The molecular weight excluding hydrogens is 150 g/mol. The molecule has 2 N–H and O–H groups in total. The van der Waals surface area contributed by atoms with Gasteiger partial charge in [-0.1, -0.05) is 0 Å². The maximum atomic E-state index is 10.5. The van der Waals surface area contributed by atoms with Crippen LogP contribution in [-0.4, -0.2) is 18.3 Å². The molecule has 0 fully saturated rings. The van der Waals surface area contributed by atoms with E-state index in [1.807, 2.05) is 0 Å². The summed E-state index contributed by atoms with van der Waals surface area (Å²) in [4.78, 5) is 30.2. The number of esters is 1. The first-order valence-electron chi connectivity index (χ1n) is 3.10. The zero-order valence-corrected chi connectivity index (χ0v) is 5.91. The first-order chi connectivity index (χ1) is 5.16. The van der Waals surface area contributed by atoms with E-state index in [0.29, 0.717) is 12.7 Å². The molecule has 62 valence electrons. The van der Waals surface area contributed by atoms with Crippen molar-refractivity contribution in [2.24, 2.45) is 5.73 Å². The highest BCUT2D eigenvalue weighted by Gasteiger charge is 2.04. The van der Waals surface area contributed by atoms with Crippen LogP contribution in [0.4, 0.5) is 4.79 Å². The third kappa shape index (κ3) is 6.50. The van der Waals surface area contributed by atoms with Crippen molar-refractivity contribution in [3.05, 3.63) is 0 Å². The van der Waals surface area contributed by atoms with Crippen LogP contribution >= 0.6 is 0 Å². The van der Waals surface area contributed by atoms with Crippen molar-refractivity contribution < 1.29 is 19.1 Å². The molecule has 0 aromatic heterocycles. The van der Waals surface area contributed by atoms with E-state index >= 15 is 0 Å². The van der Waals surface area contributed by atoms with E-state index in [0.717, 1.165) is 0 Å². The molecule has 0 saturated heterocycles. The summed E-state index contributed by atoms with van der Waals surface area (Å²) in [6.07, 6.45) is 0.295. The second-order valence-corrected chi connectivity index (χ2v) is 1.85. The summed E-state index contributed by atoms with van der Waals surface area (Å²) in [5.74, 6) is -0.695. The molecule has 0 aliphatic carbocycles. The number of primary amides is 1. The van der Waals surface area contributed by atoms with Crippen molar-refractivity contribution in [1.29, 1.82) is 0 Å². The number of aldehydes is 1. The number of carbonyl (C=O) groups is 3. The topological polar surface area (TPSA) is 86.5 Å². The first-order valence-corrected chi connectivity index (χ1v) is 3.10. The number of nitrogens with two attached hydrogens (primary N) is 1. The number of unbranched alkanes of at least 4 members (excludes halogenated alkanes) is 1. The number of hydrogen-bond donors (Lipinski definition) is 1. The molecule has 0 saturated carbocycles. The highest BCUT2D eigenvalue weighted by Crippen LogP contribution is 1.94. The Hall–Kier alpha value is -1.39. The Balaban J connectivity index is 3.37. The Morgan fingerprint density at radius 1 is 1.45 bits per heavy atom. The molecule has 5 heteroatoms. The molecule has 0 heterocycles. The fraction of sp³-hybridized carbons (Fsp3) is 0.500. The van der Waals surface area contributed by atoms with E-state index < -0.39 is 12.1 Å². The summed E-state index contributed by atoms with van der Waals surface area (Å²) < 4.78 is 3.98. The molecule has 0 spiro atoms. The molecule has 0 atom stereocenters.